The molecule has 0 aliphatic heterocycles. The number of hydrogen-bond donors (Lipinski definition) is 1. The third kappa shape index (κ3) is 1.60. The Morgan fingerprint density at radius 3 is 2.55 bits per heavy atom. The van der Waals surface area contributed by atoms with Crippen molar-refractivity contribution in [1.29, 1.82) is 0 Å². The molecule has 3 nitrogen and oxygen atoms in total. The molecule has 0 saturated carbocycles. The second-order valence-corrected chi connectivity index (χ2v) is 3.04. The van der Waals surface area contributed by atoms with Gasteiger partial charge in [0.05, 0.1) is 5.69 Å². The van der Waals surface area contributed by atoms with E-state index in [-0.39, 0.29) is 0 Å². The van der Waals surface area contributed by atoms with Gasteiger partial charge in [-0.1, -0.05) is 13.8 Å². The van der Waals surface area contributed by atoms with Gasteiger partial charge >= 0.3 is 0 Å². The standard InChI is InChI=1S/C8H15N3/c1-6(2)8-4-7(5-9)10-11(8)3/h4,6H,5,9H2,1-3H3. The molecule has 0 saturated heterocycles. The van der Waals surface area contributed by atoms with Crippen LogP contribution in [0.2, 0.25) is 0 Å². The molecule has 0 atom stereocenters. The van der Waals surface area contributed by atoms with Gasteiger partial charge in [0, 0.05) is 19.3 Å². The van der Waals surface area contributed by atoms with Crippen LogP contribution in [-0.2, 0) is 13.6 Å². The smallest absolute Gasteiger partial charge is 0.0763 e. The fourth-order valence-electron chi connectivity index (χ4n) is 1.18. The van der Waals surface area contributed by atoms with Gasteiger partial charge in [0.2, 0.25) is 0 Å². The molecule has 1 heterocycles. The van der Waals surface area contributed by atoms with E-state index >= 15 is 0 Å². The van der Waals surface area contributed by atoms with Gasteiger partial charge in [-0.2, -0.15) is 5.10 Å². The van der Waals surface area contributed by atoms with Crippen LogP contribution in [0.5, 0.6) is 0 Å². The van der Waals surface area contributed by atoms with Crippen LogP contribution < -0.4 is 5.73 Å². The molecule has 1 rings (SSSR count). The van der Waals surface area contributed by atoms with Gasteiger partial charge in [-0.3, -0.25) is 4.68 Å². The summed E-state index contributed by atoms with van der Waals surface area (Å²) < 4.78 is 1.90. The molecule has 3 heteroatoms. The summed E-state index contributed by atoms with van der Waals surface area (Å²) in [6.45, 7) is 4.83. The van der Waals surface area contributed by atoms with Gasteiger partial charge in [-0.15, -0.1) is 0 Å². The molecular weight excluding hydrogens is 138 g/mol. The summed E-state index contributed by atoms with van der Waals surface area (Å²) >= 11 is 0. The van der Waals surface area contributed by atoms with E-state index in [0.29, 0.717) is 12.5 Å². The Bertz CT molecular complexity index is 237. The third-order valence-corrected chi connectivity index (χ3v) is 1.77. The molecule has 0 aromatic carbocycles. The van der Waals surface area contributed by atoms with Crippen LogP contribution in [0.15, 0.2) is 6.07 Å². The molecule has 1 aromatic rings. The van der Waals surface area contributed by atoms with Gasteiger partial charge in [0.25, 0.3) is 0 Å². The molecule has 11 heavy (non-hydrogen) atoms. The first kappa shape index (κ1) is 8.27. The van der Waals surface area contributed by atoms with Crippen molar-refractivity contribution in [1.82, 2.24) is 9.78 Å². The number of aromatic nitrogens is 2. The SMILES string of the molecule is CC(C)c1cc(CN)nn1C. The Morgan fingerprint density at radius 1 is 1.64 bits per heavy atom. The lowest BCUT2D eigenvalue weighted by Gasteiger charge is -2.02. The quantitative estimate of drug-likeness (QED) is 0.689. The first-order valence-electron chi connectivity index (χ1n) is 3.88. The summed E-state index contributed by atoms with van der Waals surface area (Å²) in [6.07, 6.45) is 0. The van der Waals surface area contributed by atoms with E-state index in [4.69, 9.17) is 5.73 Å². The largest absolute Gasteiger partial charge is 0.325 e. The number of nitrogens with two attached hydrogens (primary N) is 1. The predicted octanol–water partition coefficient (Wildman–Crippen LogP) is 1.00. The van der Waals surface area contributed by atoms with Crippen molar-refractivity contribution in [3.63, 3.8) is 0 Å². The normalized spacial score (nSPS) is 11.0. The lowest BCUT2D eigenvalue weighted by atomic mass is 10.1. The maximum Gasteiger partial charge on any atom is 0.0763 e. The highest BCUT2D eigenvalue weighted by Crippen LogP contribution is 2.13. The van der Waals surface area contributed by atoms with Gasteiger partial charge in [-0.25, -0.2) is 0 Å². The lowest BCUT2D eigenvalue weighted by Crippen LogP contribution is -2.00. The molecular formula is C8H15N3. The Kier molecular flexibility index (Phi) is 2.29. The maximum atomic E-state index is 5.46. The van der Waals surface area contributed by atoms with Gasteiger partial charge in [-0.05, 0) is 12.0 Å². The van der Waals surface area contributed by atoms with Crippen molar-refractivity contribution >= 4 is 0 Å². The van der Waals surface area contributed by atoms with Crippen LogP contribution in [0.4, 0.5) is 0 Å². The molecule has 1 aromatic heterocycles. The number of hydrogen-bond acceptors (Lipinski definition) is 2. The Labute approximate surface area is 67.2 Å². The molecule has 2 N–H and O–H groups in total. The van der Waals surface area contributed by atoms with E-state index in [9.17, 15) is 0 Å². The van der Waals surface area contributed by atoms with Crippen molar-refractivity contribution < 1.29 is 0 Å². The summed E-state index contributed by atoms with van der Waals surface area (Å²) in [4.78, 5) is 0. The predicted molar refractivity (Wildman–Crippen MR) is 45.2 cm³/mol. The number of rotatable bonds is 2. The van der Waals surface area contributed by atoms with Crippen molar-refractivity contribution in [2.45, 2.75) is 26.3 Å². The summed E-state index contributed by atoms with van der Waals surface area (Å²) in [6, 6.07) is 2.06. The van der Waals surface area contributed by atoms with Gasteiger partial charge in [0.15, 0.2) is 0 Å². The van der Waals surface area contributed by atoms with E-state index in [1.165, 1.54) is 5.69 Å². The highest BCUT2D eigenvalue weighted by molar-refractivity contribution is 5.12. The van der Waals surface area contributed by atoms with Crippen LogP contribution in [-0.4, -0.2) is 9.78 Å². The van der Waals surface area contributed by atoms with Crippen LogP contribution in [0.1, 0.15) is 31.2 Å². The van der Waals surface area contributed by atoms with Crippen molar-refractivity contribution in [2.24, 2.45) is 12.8 Å². The zero-order valence-corrected chi connectivity index (χ0v) is 7.33. The Balaban J connectivity index is 2.97. The van der Waals surface area contributed by atoms with Crippen LogP contribution in [0, 0.1) is 0 Å². The van der Waals surface area contributed by atoms with Crippen LogP contribution >= 0.6 is 0 Å². The molecule has 0 unspecified atom stereocenters. The van der Waals surface area contributed by atoms with E-state index in [0.717, 1.165) is 5.69 Å². The third-order valence-electron chi connectivity index (χ3n) is 1.77. The number of nitrogens with zero attached hydrogens (tertiary/aromatic N) is 2. The van der Waals surface area contributed by atoms with E-state index in [1.54, 1.807) is 0 Å². The van der Waals surface area contributed by atoms with Crippen molar-refractivity contribution in [3.05, 3.63) is 17.5 Å². The second-order valence-electron chi connectivity index (χ2n) is 3.04. The molecule has 0 aliphatic rings. The topological polar surface area (TPSA) is 43.8 Å². The highest BCUT2D eigenvalue weighted by atomic mass is 15.3. The van der Waals surface area contributed by atoms with Crippen LogP contribution in [0.3, 0.4) is 0 Å². The number of aryl methyl sites for hydroxylation is 1. The molecule has 0 radical (unpaired) electrons. The minimum absolute atomic E-state index is 0.521. The zero-order chi connectivity index (χ0) is 8.43. The van der Waals surface area contributed by atoms with Crippen molar-refractivity contribution in [2.75, 3.05) is 0 Å². The summed E-state index contributed by atoms with van der Waals surface area (Å²) in [5.74, 6) is 0.521. The average Bonchev–Trinajstić information content (AvgIpc) is 2.30. The van der Waals surface area contributed by atoms with Gasteiger partial charge < -0.3 is 5.73 Å². The summed E-state index contributed by atoms with van der Waals surface area (Å²) in [7, 11) is 1.95. The fraction of sp³-hybridized carbons (Fsp3) is 0.625. The Hall–Kier alpha value is -0.830. The fourth-order valence-corrected chi connectivity index (χ4v) is 1.18. The van der Waals surface area contributed by atoms with Crippen LogP contribution in [0.25, 0.3) is 0 Å². The summed E-state index contributed by atoms with van der Waals surface area (Å²) in [5, 5.41) is 4.24. The first-order chi connectivity index (χ1) is 5.15. The molecule has 0 spiro atoms. The maximum absolute atomic E-state index is 5.46. The van der Waals surface area contributed by atoms with E-state index in [1.807, 2.05) is 11.7 Å². The van der Waals surface area contributed by atoms with Gasteiger partial charge in [0.1, 0.15) is 0 Å². The molecule has 0 amide bonds. The zero-order valence-electron chi connectivity index (χ0n) is 7.33. The van der Waals surface area contributed by atoms with E-state index in [2.05, 4.69) is 25.0 Å². The monoisotopic (exact) mass is 153 g/mol. The van der Waals surface area contributed by atoms with E-state index < -0.39 is 0 Å². The molecule has 0 fully saturated rings. The van der Waals surface area contributed by atoms with Crippen molar-refractivity contribution in [3.8, 4) is 0 Å². The molecule has 62 valence electrons. The molecule has 0 aliphatic carbocycles. The highest BCUT2D eigenvalue weighted by Gasteiger charge is 2.06. The molecule has 0 bridgehead atoms. The minimum Gasteiger partial charge on any atom is -0.325 e. The first-order valence-corrected chi connectivity index (χ1v) is 3.88. The Morgan fingerprint density at radius 2 is 2.27 bits per heavy atom. The second kappa shape index (κ2) is 3.05. The average molecular weight is 153 g/mol. The minimum atomic E-state index is 0.521. The lowest BCUT2D eigenvalue weighted by molar-refractivity contribution is 0.661. The summed E-state index contributed by atoms with van der Waals surface area (Å²) in [5.41, 5.74) is 7.67.